The summed E-state index contributed by atoms with van der Waals surface area (Å²) in [5, 5.41) is 4.56. The molecule has 144 valence electrons. The summed E-state index contributed by atoms with van der Waals surface area (Å²) >= 11 is 2.42. The van der Waals surface area contributed by atoms with E-state index in [9.17, 15) is 14.4 Å². The van der Waals surface area contributed by atoms with Crippen LogP contribution in [0.25, 0.3) is 21.3 Å². The van der Waals surface area contributed by atoms with Crippen molar-refractivity contribution in [2.45, 2.75) is 17.3 Å². The fourth-order valence-corrected chi connectivity index (χ4v) is 4.89. The highest BCUT2D eigenvalue weighted by Gasteiger charge is 2.31. The maximum atomic E-state index is 12.9. The third-order valence-corrected chi connectivity index (χ3v) is 6.37. The van der Waals surface area contributed by atoms with E-state index in [1.54, 1.807) is 6.92 Å². The number of carbonyl (C=O) groups is 2. The summed E-state index contributed by atoms with van der Waals surface area (Å²) in [6, 6.07) is 9.15. The number of fused-ring (bicyclic) bond motifs is 1. The van der Waals surface area contributed by atoms with Crippen molar-refractivity contribution in [3.05, 3.63) is 46.1 Å². The number of thiophene rings is 1. The lowest BCUT2D eigenvalue weighted by Crippen LogP contribution is -2.39. The summed E-state index contributed by atoms with van der Waals surface area (Å²) in [4.78, 5) is 43.3. The summed E-state index contributed by atoms with van der Waals surface area (Å²) in [6.07, 6.45) is 0. The third kappa shape index (κ3) is 3.14. The number of carbonyl (C=O) groups excluding carboxylic acids is 2. The molecule has 3 amide bonds. The van der Waals surface area contributed by atoms with Crippen molar-refractivity contribution in [1.82, 2.24) is 19.9 Å². The van der Waals surface area contributed by atoms with Crippen LogP contribution in [0.1, 0.15) is 6.92 Å². The molecule has 0 bridgehead atoms. The van der Waals surface area contributed by atoms with Gasteiger partial charge in [-0.25, -0.2) is 14.5 Å². The molecule has 0 aliphatic carbocycles. The van der Waals surface area contributed by atoms with E-state index in [4.69, 9.17) is 5.84 Å². The zero-order valence-corrected chi connectivity index (χ0v) is 16.5. The smallest absolute Gasteiger partial charge is 0.324 e. The Hall–Kier alpha value is -2.85. The summed E-state index contributed by atoms with van der Waals surface area (Å²) in [6.45, 7) is 2.43. The predicted octanol–water partition coefficient (Wildman–Crippen LogP) is 1.87. The van der Waals surface area contributed by atoms with Gasteiger partial charge in [0, 0.05) is 24.0 Å². The van der Waals surface area contributed by atoms with Crippen molar-refractivity contribution in [2.24, 2.45) is 0 Å². The van der Waals surface area contributed by atoms with E-state index in [2.05, 4.69) is 10.3 Å². The van der Waals surface area contributed by atoms with Crippen molar-refractivity contribution in [3.63, 3.8) is 0 Å². The fourth-order valence-electron chi connectivity index (χ4n) is 3.01. The van der Waals surface area contributed by atoms with Gasteiger partial charge in [0.05, 0.1) is 10.6 Å². The van der Waals surface area contributed by atoms with Gasteiger partial charge >= 0.3 is 6.03 Å². The molecule has 10 heteroatoms. The number of thioether (sulfide) groups is 1. The number of nitrogens with zero attached hydrogens (tertiary/aromatic N) is 3. The number of hydrogen-bond acceptors (Lipinski definition) is 7. The standard InChI is InChI=1S/C18H17N5O3S2/c1-10(15(24)22-8-7-20-17(22)26)28-18-21-14-13(16(25)23(18)19)12(9-27-14)11-5-3-2-4-6-11/h2-6,9-10H,7-8,19H2,1H3,(H,20,26)/t10-/m1/s1. The Balaban J connectivity index is 1.68. The first kappa shape index (κ1) is 18.5. The van der Waals surface area contributed by atoms with Crippen LogP contribution in [0.2, 0.25) is 0 Å². The number of hydrogen-bond donors (Lipinski definition) is 2. The summed E-state index contributed by atoms with van der Waals surface area (Å²) in [5.41, 5.74) is 1.33. The van der Waals surface area contributed by atoms with Gasteiger partial charge in [-0.1, -0.05) is 42.1 Å². The summed E-state index contributed by atoms with van der Waals surface area (Å²) in [5.74, 6) is 5.66. The number of nitrogens with two attached hydrogens (primary N) is 1. The predicted molar refractivity (Wildman–Crippen MR) is 110 cm³/mol. The zero-order valence-electron chi connectivity index (χ0n) is 14.9. The Labute approximate surface area is 168 Å². The molecule has 8 nitrogen and oxygen atoms in total. The molecule has 3 heterocycles. The van der Waals surface area contributed by atoms with Gasteiger partial charge in [0.25, 0.3) is 5.56 Å². The van der Waals surface area contributed by atoms with Gasteiger partial charge in [0.2, 0.25) is 5.91 Å². The lowest BCUT2D eigenvalue weighted by Gasteiger charge is -2.17. The molecular formula is C18H17N5O3S2. The minimum atomic E-state index is -0.614. The lowest BCUT2D eigenvalue weighted by molar-refractivity contribution is -0.126. The number of amides is 3. The van der Waals surface area contributed by atoms with Crippen LogP contribution in [0.4, 0.5) is 4.79 Å². The normalized spacial score (nSPS) is 15.0. The first-order chi connectivity index (χ1) is 13.5. The number of benzene rings is 1. The van der Waals surface area contributed by atoms with Crippen molar-refractivity contribution in [1.29, 1.82) is 0 Å². The number of rotatable bonds is 4. The van der Waals surface area contributed by atoms with E-state index in [-0.39, 0.29) is 16.6 Å². The molecule has 28 heavy (non-hydrogen) atoms. The molecule has 1 aliphatic heterocycles. The Kier molecular flexibility index (Phi) is 4.82. The van der Waals surface area contributed by atoms with Gasteiger partial charge in [0.15, 0.2) is 5.16 Å². The third-order valence-electron chi connectivity index (χ3n) is 4.45. The van der Waals surface area contributed by atoms with Gasteiger partial charge in [-0.15, -0.1) is 11.3 Å². The zero-order chi connectivity index (χ0) is 19.8. The van der Waals surface area contributed by atoms with Crippen molar-refractivity contribution in [2.75, 3.05) is 18.9 Å². The SMILES string of the molecule is C[C@@H](Sc1nc2scc(-c3ccccc3)c2c(=O)n1N)C(=O)N1CCNC1=O. The highest BCUT2D eigenvalue weighted by molar-refractivity contribution is 8.00. The minimum absolute atomic E-state index is 0.236. The highest BCUT2D eigenvalue weighted by atomic mass is 32.2. The monoisotopic (exact) mass is 415 g/mol. The summed E-state index contributed by atoms with van der Waals surface area (Å²) < 4.78 is 0.972. The largest absolute Gasteiger partial charge is 0.336 e. The number of nitrogens with one attached hydrogen (secondary N) is 1. The van der Waals surface area contributed by atoms with Crippen molar-refractivity contribution in [3.8, 4) is 11.1 Å². The average molecular weight is 416 g/mol. The molecule has 0 radical (unpaired) electrons. The molecule has 1 atom stereocenters. The van der Waals surface area contributed by atoms with Crippen LogP contribution in [0.3, 0.4) is 0 Å². The van der Waals surface area contributed by atoms with Crippen LogP contribution in [-0.2, 0) is 4.79 Å². The topological polar surface area (TPSA) is 110 Å². The Morgan fingerprint density at radius 3 is 2.75 bits per heavy atom. The van der Waals surface area contributed by atoms with Gasteiger partial charge in [-0.2, -0.15) is 0 Å². The number of aromatic nitrogens is 2. The Morgan fingerprint density at radius 2 is 2.07 bits per heavy atom. The quantitative estimate of drug-likeness (QED) is 0.382. The van der Waals surface area contributed by atoms with Crippen molar-refractivity contribution >= 4 is 45.3 Å². The molecule has 1 aromatic carbocycles. The van der Waals surface area contributed by atoms with Gasteiger partial charge in [-0.3, -0.25) is 14.5 Å². The van der Waals surface area contributed by atoms with Gasteiger partial charge in [-0.05, 0) is 12.5 Å². The van der Waals surface area contributed by atoms with E-state index in [1.807, 2.05) is 35.7 Å². The van der Waals surface area contributed by atoms with Crippen molar-refractivity contribution < 1.29 is 9.59 Å². The number of urea groups is 1. The number of nitrogen functional groups attached to an aromatic ring is 1. The molecule has 0 unspecified atom stereocenters. The average Bonchev–Trinajstić information content (AvgIpc) is 3.32. The van der Waals surface area contributed by atoms with E-state index >= 15 is 0 Å². The molecule has 4 rings (SSSR count). The van der Waals surface area contributed by atoms with Crippen LogP contribution in [-0.4, -0.2) is 44.8 Å². The maximum absolute atomic E-state index is 12.9. The molecule has 0 spiro atoms. The first-order valence-electron chi connectivity index (χ1n) is 8.58. The molecule has 3 aromatic rings. The van der Waals surface area contributed by atoms with E-state index < -0.39 is 11.3 Å². The second kappa shape index (κ2) is 7.28. The molecule has 1 aliphatic rings. The second-order valence-electron chi connectivity index (χ2n) is 6.25. The van der Waals surface area contributed by atoms with E-state index in [0.717, 1.165) is 32.5 Å². The van der Waals surface area contributed by atoms with Crippen LogP contribution in [0.15, 0.2) is 45.7 Å². The highest BCUT2D eigenvalue weighted by Crippen LogP contribution is 2.32. The molecule has 2 aromatic heterocycles. The summed E-state index contributed by atoms with van der Waals surface area (Å²) in [7, 11) is 0. The lowest BCUT2D eigenvalue weighted by atomic mass is 10.1. The van der Waals surface area contributed by atoms with Crippen LogP contribution in [0, 0.1) is 0 Å². The Bertz CT molecular complexity index is 1130. The van der Waals surface area contributed by atoms with Gasteiger partial charge < -0.3 is 11.2 Å². The molecule has 0 saturated carbocycles. The fraction of sp³-hybridized carbons (Fsp3) is 0.222. The van der Waals surface area contributed by atoms with E-state index in [0.29, 0.717) is 23.3 Å². The molecule has 3 N–H and O–H groups in total. The van der Waals surface area contributed by atoms with Gasteiger partial charge in [0.1, 0.15) is 4.83 Å². The maximum Gasteiger partial charge on any atom is 0.324 e. The minimum Gasteiger partial charge on any atom is -0.336 e. The van der Waals surface area contributed by atoms with Crippen LogP contribution < -0.4 is 16.7 Å². The number of imide groups is 1. The molecule has 1 saturated heterocycles. The molecular weight excluding hydrogens is 398 g/mol. The van der Waals surface area contributed by atoms with E-state index in [1.165, 1.54) is 11.3 Å². The first-order valence-corrected chi connectivity index (χ1v) is 10.3. The van der Waals surface area contributed by atoms with Crippen LogP contribution >= 0.6 is 23.1 Å². The molecule has 1 fully saturated rings. The second-order valence-corrected chi connectivity index (χ2v) is 8.41. The Morgan fingerprint density at radius 1 is 1.32 bits per heavy atom. The van der Waals surface area contributed by atoms with Crippen LogP contribution in [0.5, 0.6) is 0 Å².